The summed E-state index contributed by atoms with van der Waals surface area (Å²) >= 11 is 0. The van der Waals surface area contributed by atoms with Crippen LogP contribution in [0.2, 0.25) is 0 Å². The minimum absolute atomic E-state index is 0. The van der Waals surface area contributed by atoms with Crippen molar-refractivity contribution in [2.45, 2.75) is 6.18 Å². The molecule has 0 aromatic heterocycles. The average Bonchev–Trinajstić information content (AvgIpc) is 1.62. The Kier molecular flexibility index (Phi) is 8.62. The topological polar surface area (TPSA) is 0 Å². The summed E-state index contributed by atoms with van der Waals surface area (Å²) in [6.45, 7) is 0. The molecule has 0 atom stereocenters. The van der Waals surface area contributed by atoms with E-state index in [0.29, 0.717) is 0 Å². The van der Waals surface area contributed by atoms with Crippen molar-refractivity contribution in [1.82, 2.24) is 0 Å². The molecule has 8 heteroatoms. The van der Waals surface area contributed by atoms with Crippen LogP contribution in [0, 0.1) is 0 Å². The highest BCUT2D eigenvalue weighted by Crippen LogP contribution is 2.29. The molecule has 0 heterocycles. The van der Waals surface area contributed by atoms with Crippen LogP contribution in [0.5, 0.6) is 0 Å². The van der Waals surface area contributed by atoms with Gasteiger partial charge in [-0.3, -0.25) is 0 Å². The molecular weight excluding hydrogens is 221 g/mol. The maximum absolute atomic E-state index is 11.0. The Morgan fingerprint density at radius 2 is 1.09 bits per heavy atom. The molecule has 0 amide bonds. The first-order chi connectivity index (χ1) is 3.85. The van der Waals surface area contributed by atoms with Gasteiger partial charge in [0, 0.05) is 0 Å². The van der Waals surface area contributed by atoms with E-state index in [1.165, 1.54) is 0 Å². The Bertz CT molecular complexity index is 133. The first-order valence-electron chi connectivity index (χ1n) is 1.63. The van der Waals surface area contributed by atoms with Gasteiger partial charge in [0.2, 0.25) is 0 Å². The van der Waals surface area contributed by atoms with E-state index >= 15 is 0 Å². The molecule has 0 aliphatic heterocycles. The molecule has 0 fully saturated rings. The summed E-state index contributed by atoms with van der Waals surface area (Å²) in [6.07, 6.45) is -8.90. The van der Waals surface area contributed by atoms with Gasteiger partial charge in [-0.1, -0.05) is 0 Å². The fourth-order valence-corrected chi connectivity index (χ4v) is 0.107. The molecule has 0 nitrogen and oxygen atoms in total. The van der Waals surface area contributed by atoms with Crippen molar-refractivity contribution in [3.05, 3.63) is 11.9 Å². The lowest BCUT2D eigenvalue weighted by Crippen LogP contribution is -3.00. The van der Waals surface area contributed by atoms with Crippen molar-refractivity contribution in [1.29, 1.82) is 0 Å². The third-order valence-corrected chi connectivity index (χ3v) is 0.415. The standard InChI is InChI=1S/C3F6.2ClH/c4-1(2(5)6)3(7,8)9;;/h;2*1H/p-2. The average molecular weight is 221 g/mol. The summed E-state index contributed by atoms with van der Waals surface area (Å²) < 4.78 is 64.8. The SMILES string of the molecule is FC(F)=C(F)C(F)(F)F.[Cl-].[Cl-]. The molecule has 0 aromatic carbocycles. The molecule has 0 unspecified atom stereocenters. The van der Waals surface area contributed by atoms with E-state index in [1.807, 2.05) is 0 Å². The van der Waals surface area contributed by atoms with Crippen LogP contribution in [0.15, 0.2) is 11.9 Å². The van der Waals surface area contributed by atoms with Gasteiger partial charge >= 0.3 is 12.3 Å². The van der Waals surface area contributed by atoms with Crippen molar-refractivity contribution in [3.63, 3.8) is 0 Å². The summed E-state index contributed by atoms with van der Waals surface area (Å²) in [7, 11) is 0. The van der Waals surface area contributed by atoms with Crippen LogP contribution >= 0.6 is 0 Å². The van der Waals surface area contributed by atoms with E-state index in [2.05, 4.69) is 0 Å². The molecular formula is C3Cl2F6-2. The monoisotopic (exact) mass is 220 g/mol. The second kappa shape index (κ2) is 5.54. The van der Waals surface area contributed by atoms with E-state index in [4.69, 9.17) is 0 Å². The lowest BCUT2D eigenvalue weighted by molar-refractivity contribution is -0.113. The van der Waals surface area contributed by atoms with E-state index in [0.717, 1.165) is 0 Å². The molecule has 0 saturated heterocycles. The highest BCUT2D eigenvalue weighted by molar-refractivity contribution is 4.98. The number of rotatable bonds is 0. The minimum Gasteiger partial charge on any atom is -1.00 e. The van der Waals surface area contributed by atoms with Crippen molar-refractivity contribution in [2.24, 2.45) is 0 Å². The summed E-state index contributed by atoms with van der Waals surface area (Å²) in [5.74, 6) is -3.33. The van der Waals surface area contributed by atoms with Crippen LogP contribution in [0.3, 0.4) is 0 Å². The van der Waals surface area contributed by atoms with Crippen molar-refractivity contribution in [3.8, 4) is 0 Å². The van der Waals surface area contributed by atoms with Crippen molar-refractivity contribution in [2.75, 3.05) is 0 Å². The van der Waals surface area contributed by atoms with Gasteiger partial charge in [-0.2, -0.15) is 26.3 Å². The Labute approximate surface area is 70.1 Å². The molecule has 0 bridgehead atoms. The van der Waals surface area contributed by atoms with Crippen LogP contribution in [0.4, 0.5) is 26.3 Å². The van der Waals surface area contributed by atoms with Gasteiger partial charge in [0.1, 0.15) is 0 Å². The molecule has 0 aliphatic carbocycles. The lowest BCUT2D eigenvalue weighted by atomic mass is 10.6. The number of halogens is 8. The largest absolute Gasteiger partial charge is 1.00 e. The Morgan fingerprint density at radius 3 is 1.09 bits per heavy atom. The van der Waals surface area contributed by atoms with Gasteiger partial charge < -0.3 is 24.8 Å². The van der Waals surface area contributed by atoms with Gasteiger partial charge in [0.05, 0.1) is 0 Å². The smallest absolute Gasteiger partial charge is 0.448 e. The predicted octanol–water partition coefficient (Wildman–Crippen LogP) is -3.37. The molecule has 0 saturated carbocycles. The van der Waals surface area contributed by atoms with Crippen LogP contribution in [0.1, 0.15) is 0 Å². The first-order valence-corrected chi connectivity index (χ1v) is 1.63. The van der Waals surface area contributed by atoms with Crippen LogP contribution < -0.4 is 24.8 Å². The van der Waals surface area contributed by atoms with Gasteiger partial charge in [0.15, 0.2) is 0 Å². The quantitative estimate of drug-likeness (QED) is 0.375. The van der Waals surface area contributed by atoms with Crippen LogP contribution in [0.25, 0.3) is 0 Å². The number of hydrogen-bond acceptors (Lipinski definition) is 0. The second-order valence-electron chi connectivity index (χ2n) is 1.07. The fraction of sp³-hybridized carbons (Fsp3) is 0.333. The zero-order valence-electron chi connectivity index (χ0n) is 4.52. The first kappa shape index (κ1) is 17.1. The molecule has 70 valence electrons. The molecule has 0 spiro atoms. The molecule has 0 N–H and O–H groups in total. The third kappa shape index (κ3) is 6.30. The summed E-state index contributed by atoms with van der Waals surface area (Å²) in [5.41, 5.74) is 0. The van der Waals surface area contributed by atoms with E-state index in [-0.39, 0.29) is 24.8 Å². The van der Waals surface area contributed by atoms with Gasteiger partial charge in [-0.25, -0.2) is 0 Å². The Hall–Kier alpha value is -0.100. The number of allylic oxidation sites excluding steroid dienone is 1. The predicted molar refractivity (Wildman–Crippen MR) is 16.4 cm³/mol. The number of hydrogen-bond donors (Lipinski definition) is 0. The van der Waals surface area contributed by atoms with Crippen molar-refractivity contribution < 1.29 is 51.2 Å². The highest BCUT2D eigenvalue weighted by atomic mass is 35.5. The zero-order valence-corrected chi connectivity index (χ0v) is 6.04. The molecule has 0 aromatic rings. The lowest BCUT2D eigenvalue weighted by Gasteiger charge is -1.98. The summed E-state index contributed by atoms with van der Waals surface area (Å²) in [6, 6.07) is 0. The van der Waals surface area contributed by atoms with E-state index < -0.39 is 18.1 Å². The van der Waals surface area contributed by atoms with Gasteiger partial charge in [0.25, 0.3) is 5.83 Å². The summed E-state index contributed by atoms with van der Waals surface area (Å²) in [5, 5.41) is 0. The third-order valence-electron chi connectivity index (χ3n) is 0.415. The maximum atomic E-state index is 11.0. The molecule has 0 rings (SSSR count). The molecule has 0 radical (unpaired) electrons. The van der Waals surface area contributed by atoms with E-state index in [1.54, 1.807) is 0 Å². The molecule has 11 heavy (non-hydrogen) atoms. The maximum Gasteiger partial charge on any atom is 0.448 e. The highest BCUT2D eigenvalue weighted by Gasteiger charge is 2.38. The van der Waals surface area contributed by atoms with Gasteiger partial charge in [-0.05, 0) is 0 Å². The minimum atomic E-state index is -5.56. The zero-order chi connectivity index (χ0) is 7.65. The molecule has 0 aliphatic rings. The Balaban J connectivity index is -0.000000320. The van der Waals surface area contributed by atoms with E-state index in [9.17, 15) is 26.3 Å². The normalized spacial score (nSPS) is 9.27. The fourth-order valence-electron chi connectivity index (χ4n) is 0.107. The van der Waals surface area contributed by atoms with Crippen molar-refractivity contribution >= 4 is 0 Å². The Morgan fingerprint density at radius 1 is 0.818 bits per heavy atom. The van der Waals surface area contributed by atoms with Gasteiger partial charge in [-0.15, -0.1) is 0 Å². The van der Waals surface area contributed by atoms with Crippen LogP contribution in [-0.2, 0) is 0 Å². The number of alkyl halides is 3. The van der Waals surface area contributed by atoms with Crippen LogP contribution in [-0.4, -0.2) is 6.18 Å². The second-order valence-corrected chi connectivity index (χ2v) is 1.07. The summed E-state index contributed by atoms with van der Waals surface area (Å²) in [4.78, 5) is 0.